The Bertz CT molecular complexity index is 471. The number of carbonyl (C=O) groups is 2. The summed E-state index contributed by atoms with van der Waals surface area (Å²) in [6.07, 6.45) is -0.335. The van der Waals surface area contributed by atoms with E-state index in [9.17, 15) is 9.59 Å². The van der Waals surface area contributed by atoms with Gasteiger partial charge in [-0.3, -0.25) is 9.59 Å². The van der Waals surface area contributed by atoms with E-state index in [4.69, 9.17) is 9.47 Å². The number of thioether (sulfide) groups is 1. The third kappa shape index (κ3) is 7.50. The SMILES string of the molecule is CC(C)OC(=O)CC(CSc1ccccc1)C(=O)OC(C)C. The molecule has 0 heterocycles. The van der Waals surface area contributed by atoms with Crippen molar-refractivity contribution in [1.29, 1.82) is 0 Å². The minimum Gasteiger partial charge on any atom is -0.463 e. The third-order valence-corrected chi connectivity index (χ3v) is 3.83. The molecule has 5 heteroatoms. The maximum atomic E-state index is 12.2. The molecule has 0 aliphatic rings. The summed E-state index contributed by atoms with van der Waals surface area (Å²) in [7, 11) is 0. The van der Waals surface area contributed by atoms with Gasteiger partial charge in [-0.15, -0.1) is 11.8 Å². The summed E-state index contributed by atoms with van der Waals surface area (Å²) in [6.45, 7) is 7.17. The van der Waals surface area contributed by atoms with Crippen LogP contribution in [0.5, 0.6) is 0 Å². The molecule has 0 N–H and O–H groups in total. The van der Waals surface area contributed by atoms with E-state index in [1.807, 2.05) is 30.3 Å². The molecule has 1 rings (SSSR count). The van der Waals surface area contributed by atoms with Crippen LogP contribution in [0.4, 0.5) is 0 Å². The van der Waals surface area contributed by atoms with Crippen LogP contribution in [0.3, 0.4) is 0 Å². The molecule has 4 nitrogen and oxygen atoms in total. The maximum absolute atomic E-state index is 12.2. The second-order valence-electron chi connectivity index (χ2n) is 5.55. The second-order valence-corrected chi connectivity index (χ2v) is 6.64. The summed E-state index contributed by atoms with van der Waals surface area (Å²) >= 11 is 1.54. The standard InChI is InChI=1S/C17H24O4S/c1-12(2)20-16(18)10-14(17(19)21-13(3)4)11-22-15-8-6-5-7-9-15/h5-9,12-14H,10-11H2,1-4H3. The van der Waals surface area contributed by atoms with E-state index in [0.29, 0.717) is 5.75 Å². The molecule has 0 aromatic heterocycles. The number of carbonyl (C=O) groups excluding carboxylic acids is 2. The fraction of sp³-hybridized carbons (Fsp3) is 0.529. The lowest BCUT2D eigenvalue weighted by molar-refractivity contribution is -0.158. The molecule has 0 saturated carbocycles. The Hall–Kier alpha value is -1.49. The monoisotopic (exact) mass is 324 g/mol. The first-order valence-electron chi connectivity index (χ1n) is 7.46. The lowest BCUT2D eigenvalue weighted by atomic mass is 10.1. The molecule has 0 saturated heterocycles. The predicted molar refractivity (Wildman–Crippen MR) is 87.7 cm³/mol. The van der Waals surface area contributed by atoms with Gasteiger partial charge >= 0.3 is 11.9 Å². The lowest BCUT2D eigenvalue weighted by Crippen LogP contribution is -2.27. The van der Waals surface area contributed by atoms with Gasteiger partial charge in [-0.05, 0) is 39.8 Å². The number of benzene rings is 1. The minimum absolute atomic E-state index is 0.0452. The topological polar surface area (TPSA) is 52.6 Å². The molecule has 0 spiro atoms. The smallest absolute Gasteiger partial charge is 0.310 e. The molecular formula is C17H24O4S. The Morgan fingerprint density at radius 1 is 1.00 bits per heavy atom. The number of hydrogen-bond acceptors (Lipinski definition) is 5. The summed E-state index contributed by atoms with van der Waals surface area (Å²) in [5.41, 5.74) is 0. The first-order valence-corrected chi connectivity index (χ1v) is 8.45. The van der Waals surface area contributed by atoms with Crippen LogP contribution in [0.1, 0.15) is 34.1 Å². The molecule has 0 radical (unpaired) electrons. The van der Waals surface area contributed by atoms with Crippen molar-refractivity contribution in [2.45, 2.75) is 51.2 Å². The highest BCUT2D eigenvalue weighted by Crippen LogP contribution is 2.23. The van der Waals surface area contributed by atoms with Crippen molar-refractivity contribution in [3.05, 3.63) is 30.3 Å². The summed E-state index contributed by atoms with van der Waals surface area (Å²) in [5, 5.41) is 0. The zero-order chi connectivity index (χ0) is 16.5. The zero-order valence-electron chi connectivity index (χ0n) is 13.6. The van der Waals surface area contributed by atoms with Gasteiger partial charge in [-0.25, -0.2) is 0 Å². The molecule has 0 aliphatic heterocycles. The van der Waals surface area contributed by atoms with Crippen molar-refractivity contribution in [2.24, 2.45) is 5.92 Å². The Balaban J connectivity index is 2.64. The van der Waals surface area contributed by atoms with Crippen LogP contribution >= 0.6 is 11.8 Å². The molecule has 22 heavy (non-hydrogen) atoms. The van der Waals surface area contributed by atoms with Crippen molar-refractivity contribution < 1.29 is 19.1 Å². The van der Waals surface area contributed by atoms with Crippen molar-refractivity contribution in [3.8, 4) is 0 Å². The maximum Gasteiger partial charge on any atom is 0.310 e. The molecule has 1 atom stereocenters. The van der Waals surface area contributed by atoms with Gasteiger partial charge in [0.1, 0.15) is 0 Å². The average Bonchev–Trinajstić information content (AvgIpc) is 2.42. The normalized spacial score (nSPS) is 12.3. The molecule has 1 aromatic carbocycles. The number of esters is 2. The van der Waals surface area contributed by atoms with E-state index >= 15 is 0 Å². The van der Waals surface area contributed by atoms with Crippen molar-refractivity contribution >= 4 is 23.7 Å². The molecule has 0 bridgehead atoms. The van der Waals surface area contributed by atoms with Crippen LogP contribution in [0.2, 0.25) is 0 Å². The highest BCUT2D eigenvalue weighted by molar-refractivity contribution is 7.99. The Kier molecular flexibility index (Phi) is 8.02. The molecule has 0 amide bonds. The first-order chi connectivity index (χ1) is 10.4. The second kappa shape index (κ2) is 9.51. The lowest BCUT2D eigenvalue weighted by Gasteiger charge is -2.17. The van der Waals surface area contributed by atoms with E-state index in [1.165, 1.54) is 11.8 Å². The highest BCUT2D eigenvalue weighted by Gasteiger charge is 2.25. The van der Waals surface area contributed by atoms with Gasteiger partial charge in [0.25, 0.3) is 0 Å². The van der Waals surface area contributed by atoms with Crippen LogP contribution in [0.25, 0.3) is 0 Å². The summed E-state index contributed by atoms with van der Waals surface area (Å²) in [4.78, 5) is 25.0. The molecule has 122 valence electrons. The van der Waals surface area contributed by atoms with Crippen molar-refractivity contribution in [3.63, 3.8) is 0 Å². The molecule has 1 unspecified atom stereocenters. The summed E-state index contributed by atoms with van der Waals surface area (Å²) < 4.78 is 10.4. The average molecular weight is 324 g/mol. The van der Waals surface area contributed by atoms with E-state index in [-0.39, 0.29) is 30.6 Å². The van der Waals surface area contributed by atoms with Crippen LogP contribution in [0, 0.1) is 5.92 Å². The Labute approximate surface area is 136 Å². The van der Waals surface area contributed by atoms with Crippen LogP contribution in [0.15, 0.2) is 35.2 Å². The summed E-state index contributed by atoms with van der Waals surface area (Å²) in [6, 6.07) is 9.77. The Morgan fingerprint density at radius 3 is 2.14 bits per heavy atom. The Morgan fingerprint density at radius 2 is 1.59 bits per heavy atom. The number of ether oxygens (including phenoxy) is 2. The van der Waals surface area contributed by atoms with E-state index in [0.717, 1.165) is 4.90 Å². The van der Waals surface area contributed by atoms with Crippen molar-refractivity contribution in [2.75, 3.05) is 5.75 Å². The van der Waals surface area contributed by atoms with E-state index in [1.54, 1.807) is 27.7 Å². The third-order valence-electron chi connectivity index (χ3n) is 2.66. The molecule has 0 aliphatic carbocycles. The van der Waals surface area contributed by atoms with Crippen LogP contribution in [-0.2, 0) is 19.1 Å². The van der Waals surface area contributed by atoms with Crippen molar-refractivity contribution in [1.82, 2.24) is 0 Å². The van der Waals surface area contributed by atoms with Crippen LogP contribution < -0.4 is 0 Å². The molecule has 0 fully saturated rings. The molecular weight excluding hydrogens is 300 g/mol. The van der Waals surface area contributed by atoms with Gasteiger partial charge in [0, 0.05) is 10.6 Å². The number of hydrogen-bond donors (Lipinski definition) is 0. The van der Waals surface area contributed by atoms with Gasteiger partial charge in [-0.2, -0.15) is 0 Å². The van der Waals surface area contributed by atoms with Gasteiger partial charge in [0.15, 0.2) is 0 Å². The number of rotatable bonds is 8. The fourth-order valence-corrected chi connectivity index (χ4v) is 2.76. The van der Waals surface area contributed by atoms with Crippen LogP contribution in [-0.4, -0.2) is 29.9 Å². The highest BCUT2D eigenvalue weighted by atomic mass is 32.2. The van der Waals surface area contributed by atoms with Gasteiger partial charge in [0.2, 0.25) is 0 Å². The van der Waals surface area contributed by atoms with E-state index < -0.39 is 5.92 Å². The van der Waals surface area contributed by atoms with Gasteiger partial charge in [0.05, 0.1) is 24.5 Å². The summed E-state index contributed by atoms with van der Waals surface area (Å²) in [5.74, 6) is -0.727. The molecule has 1 aromatic rings. The largest absolute Gasteiger partial charge is 0.463 e. The van der Waals surface area contributed by atoms with E-state index in [2.05, 4.69) is 0 Å². The zero-order valence-corrected chi connectivity index (χ0v) is 14.4. The fourth-order valence-electron chi connectivity index (χ4n) is 1.76. The van der Waals surface area contributed by atoms with Gasteiger partial charge < -0.3 is 9.47 Å². The van der Waals surface area contributed by atoms with Gasteiger partial charge in [-0.1, -0.05) is 18.2 Å². The minimum atomic E-state index is -0.501. The first kappa shape index (κ1) is 18.6. The quantitative estimate of drug-likeness (QED) is 0.539. The predicted octanol–water partition coefficient (Wildman–Crippen LogP) is 3.69.